The minimum atomic E-state index is -0.404. The summed E-state index contributed by atoms with van der Waals surface area (Å²) >= 11 is 0. The lowest BCUT2D eigenvalue weighted by molar-refractivity contribution is -0.302. The number of rotatable bonds is 2. The molecular formula is C9H19N2O2-. The van der Waals surface area contributed by atoms with Gasteiger partial charge in [0, 0.05) is 13.1 Å². The number of hydrogen-bond donors (Lipinski definition) is 0. The molecule has 0 atom stereocenters. The van der Waals surface area contributed by atoms with Gasteiger partial charge in [-0.05, 0) is 33.6 Å². The number of piperidine rings is 1. The molecule has 13 heavy (non-hydrogen) atoms. The molecule has 4 nitrogen and oxygen atoms in total. The summed E-state index contributed by atoms with van der Waals surface area (Å²) in [4.78, 5) is 5.18. The maximum Gasteiger partial charge on any atom is 0.0820 e. The van der Waals surface area contributed by atoms with Crippen LogP contribution >= 0.6 is 0 Å². The summed E-state index contributed by atoms with van der Waals surface area (Å²) in [7, 11) is 0. The van der Waals surface area contributed by atoms with Crippen LogP contribution in [0.15, 0.2) is 0 Å². The molecule has 1 fully saturated rings. The second-order valence-corrected chi connectivity index (χ2v) is 4.46. The van der Waals surface area contributed by atoms with Crippen molar-refractivity contribution in [2.24, 2.45) is 0 Å². The van der Waals surface area contributed by atoms with Gasteiger partial charge in [0.25, 0.3) is 0 Å². The standard InChI is InChI=1S/C9H19N2O2/c1-9(2,3)13-11(12)10-7-5-4-6-8-10/h4-8H2,1-3H3/q-1. The normalized spacial score (nSPS) is 21.0. The van der Waals surface area contributed by atoms with Crippen molar-refractivity contribution in [1.29, 1.82) is 0 Å². The lowest BCUT2D eigenvalue weighted by atomic mass is 10.2. The van der Waals surface area contributed by atoms with Crippen LogP contribution < -0.4 is 0 Å². The summed E-state index contributed by atoms with van der Waals surface area (Å²) in [6, 6.07) is 0. The van der Waals surface area contributed by atoms with Crippen LogP contribution in [0.1, 0.15) is 40.0 Å². The number of hydrogen-bond acceptors (Lipinski definition) is 4. The Morgan fingerprint density at radius 3 is 2.15 bits per heavy atom. The van der Waals surface area contributed by atoms with E-state index in [-0.39, 0.29) is 0 Å². The highest BCUT2D eigenvalue weighted by molar-refractivity contribution is 4.63. The van der Waals surface area contributed by atoms with Gasteiger partial charge < -0.3 is 5.21 Å². The van der Waals surface area contributed by atoms with Crippen LogP contribution in [0.25, 0.3) is 0 Å². The molecule has 0 unspecified atom stereocenters. The fourth-order valence-electron chi connectivity index (χ4n) is 1.33. The van der Waals surface area contributed by atoms with Gasteiger partial charge in [-0.3, -0.25) is 4.84 Å². The van der Waals surface area contributed by atoms with Gasteiger partial charge in [-0.2, -0.15) is 5.34 Å². The molecule has 0 aliphatic carbocycles. The van der Waals surface area contributed by atoms with Crippen LogP contribution in [0.2, 0.25) is 0 Å². The van der Waals surface area contributed by atoms with Gasteiger partial charge in [0.05, 0.1) is 5.60 Å². The molecule has 0 spiro atoms. The van der Waals surface area contributed by atoms with Crippen molar-refractivity contribution in [2.45, 2.75) is 45.6 Å². The first-order valence-electron chi connectivity index (χ1n) is 4.90. The summed E-state index contributed by atoms with van der Waals surface area (Å²) in [5.74, 6) is 0. The molecule has 0 radical (unpaired) electrons. The molecule has 0 aromatic carbocycles. The molecule has 78 valence electrons. The van der Waals surface area contributed by atoms with Crippen molar-refractivity contribution in [3.63, 3.8) is 0 Å². The largest absolute Gasteiger partial charge is 0.748 e. The van der Waals surface area contributed by atoms with Gasteiger partial charge >= 0.3 is 0 Å². The van der Waals surface area contributed by atoms with Gasteiger partial charge in [0.2, 0.25) is 0 Å². The van der Waals surface area contributed by atoms with Gasteiger partial charge in [-0.15, -0.1) is 0 Å². The Morgan fingerprint density at radius 2 is 1.69 bits per heavy atom. The maximum atomic E-state index is 11.4. The zero-order valence-corrected chi connectivity index (χ0v) is 8.75. The molecule has 1 saturated heterocycles. The third kappa shape index (κ3) is 4.04. The summed E-state index contributed by atoms with van der Waals surface area (Å²) in [5.41, 5.74) is -0.404. The van der Waals surface area contributed by atoms with Crippen LogP contribution in [0, 0.1) is 5.21 Å². The Hall–Kier alpha value is -0.160. The predicted octanol–water partition coefficient (Wildman–Crippen LogP) is 1.92. The van der Waals surface area contributed by atoms with E-state index in [0.717, 1.165) is 25.9 Å². The smallest absolute Gasteiger partial charge is 0.0820 e. The second-order valence-electron chi connectivity index (χ2n) is 4.46. The Morgan fingerprint density at radius 1 is 1.15 bits per heavy atom. The van der Waals surface area contributed by atoms with Gasteiger partial charge in [-0.1, -0.05) is 6.42 Å². The zero-order chi connectivity index (χ0) is 9.90. The van der Waals surface area contributed by atoms with Crippen molar-refractivity contribution in [3.8, 4) is 0 Å². The average Bonchev–Trinajstić information content (AvgIpc) is 2.03. The lowest BCUT2D eigenvalue weighted by Crippen LogP contribution is -2.45. The van der Waals surface area contributed by atoms with Crippen molar-refractivity contribution < 1.29 is 4.84 Å². The van der Waals surface area contributed by atoms with Gasteiger partial charge in [0.15, 0.2) is 0 Å². The third-order valence-electron chi connectivity index (χ3n) is 1.92. The van der Waals surface area contributed by atoms with Gasteiger partial charge in [0.1, 0.15) is 0 Å². The van der Waals surface area contributed by atoms with E-state index in [1.54, 1.807) is 5.01 Å². The molecule has 1 heterocycles. The van der Waals surface area contributed by atoms with Crippen molar-refractivity contribution in [3.05, 3.63) is 5.21 Å². The molecule has 0 amide bonds. The Kier molecular flexibility index (Phi) is 3.67. The van der Waals surface area contributed by atoms with Crippen molar-refractivity contribution in [2.75, 3.05) is 13.1 Å². The van der Waals surface area contributed by atoms with Crippen molar-refractivity contribution >= 4 is 0 Å². The molecule has 1 rings (SSSR count). The molecule has 0 aromatic heterocycles. The third-order valence-corrected chi connectivity index (χ3v) is 1.92. The Balaban J connectivity index is 2.33. The van der Waals surface area contributed by atoms with E-state index >= 15 is 0 Å². The minimum Gasteiger partial charge on any atom is -0.748 e. The first-order valence-corrected chi connectivity index (χ1v) is 4.90. The van der Waals surface area contributed by atoms with Crippen LogP contribution in [-0.4, -0.2) is 29.0 Å². The fourth-order valence-corrected chi connectivity index (χ4v) is 1.33. The first kappa shape index (κ1) is 10.9. The van der Waals surface area contributed by atoms with E-state index in [4.69, 9.17) is 4.84 Å². The van der Waals surface area contributed by atoms with E-state index in [0.29, 0.717) is 5.34 Å². The number of hydrazine groups is 1. The highest BCUT2D eigenvalue weighted by Crippen LogP contribution is 2.15. The molecule has 1 aliphatic heterocycles. The van der Waals surface area contributed by atoms with E-state index in [2.05, 4.69) is 0 Å². The minimum absolute atomic E-state index is 0.404. The average molecular weight is 187 g/mol. The quantitative estimate of drug-likeness (QED) is 0.619. The second kappa shape index (κ2) is 4.37. The fraction of sp³-hybridized carbons (Fsp3) is 1.00. The molecule has 1 aliphatic rings. The molecule has 0 aromatic rings. The van der Waals surface area contributed by atoms with Gasteiger partial charge in [-0.25, -0.2) is 5.01 Å². The highest BCUT2D eigenvalue weighted by atomic mass is 16.9. The monoisotopic (exact) mass is 187 g/mol. The highest BCUT2D eigenvalue weighted by Gasteiger charge is 2.17. The summed E-state index contributed by atoms with van der Waals surface area (Å²) in [6.45, 7) is 7.27. The number of nitrogens with zero attached hydrogens (tertiary/aromatic N) is 2. The van der Waals surface area contributed by atoms with Crippen LogP contribution in [0.5, 0.6) is 0 Å². The summed E-state index contributed by atoms with van der Waals surface area (Å²) in [6.07, 6.45) is 3.40. The maximum absolute atomic E-state index is 11.4. The molecule has 0 bridgehead atoms. The molecule has 0 N–H and O–H groups in total. The van der Waals surface area contributed by atoms with E-state index in [1.165, 1.54) is 6.42 Å². The topological polar surface area (TPSA) is 38.8 Å². The molecule has 0 saturated carbocycles. The van der Waals surface area contributed by atoms with Crippen molar-refractivity contribution in [1.82, 2.24) is 10.3 Å². The Bertz CT molecular complexity index is 150. The van der Waals surface area contributed by atoms with Crippen LogP contribution in [0.3, 0.4) is 0 Å². The summed E-state index contributed by atoms with van der Waals surface area (Å²) in [5, 5.41) is 13.8. The lowest BCUT2D eigenvalue weighted by Gasteiger charge is -2.43. The predicted molar refractivity (Wildman–Crippen MR) is 51.5 cm³/mol. The SMILES string of the molecule is CC(C)(C)ON([O-])N1CCCCC1. The van der Waals surface area contributed by atoms with Crippen LogP contribution in [0.4, 0.5) is 0 Å². The van der Waals surface area contributed by atoms with E-state index < -0.39 is 5.60 Å². The molecule has 4 heteroatoms. The zero-order valence-electron chi connectivity index (χ0n) is 8.75. The Labute approximate surface area is 80.0 Å². The van der Waals surface area contributed by atoms with E-state index in [1.807, 2.05) is 20.8 Å². The molecular weight excluding hydrogens is 168 g/mol. The summed E-state index contributed by atoms with van der Waals surface area (Å²) < 4.78 is 0. The first-order chi connectivity index (χ1) is 5.99. The van der Waals surface area contributed by atoms with Crippen LogP contribution in [-0.2, 0) is 4.84 Å². The van der Waals surface area contributed by atoms with E-state index in [9.17, 15) is 5.21 Å².